The molecule has 0 atom stereocenters. The van der Waals surface area contributed by atoms with E-state index in [1.807, 2.05) is 0 Å². The van der Waals surface area contributed by atoms with Crippen LogP contribution >= 0.6 is 0 Å². The van der Waals surface area contributed by atoms with Crippen LogP contribution in [0, 0.1) is 0 Å². The molecule has 0 saturated carbocycles. The maximum Gasteiger partial charge on any atom is 1.00 e. The molecular formula is C36H77NaO5S. The second kappa shape index (κ2) is 42.8. The maximum atomic E-state index is 8.74. The first kappa shape index (κ1) is 48.2. The van der Waals surface area contributed by atoms with Crippen molar-refractivity contribution in [2.24, 2.45) is 0 Å². The van der Waals surface area contributed by atoms with Crippen LogP contribution in [0.1, 0.15) is 221 Å². The average molecular weight is 645 g/mol. The number of ether oxygens (including phenoxy) is 1. The SMILES string of the molecule is CCCCCCCCCCCCCCCCCCOCCCCCCCCCCCCCCCCCC.O=S(=O)(O)O.[H-].[Na+]. The summed E-state index contributed by atoms with van der Waals surface area (Å²) in [5.41, 5.74) is 0. The molecule has 0 aromatic rings. The van der Waals surface area contributed by atoms with Crippen LogP contribution in [0.3, 0.4) is 0 Å². The zero-order valence-electron chi connectivity index (χ0n) is 30.6. The Hall–Kier alpha value is 0.830. The first-order chi connectivity index (χ1) is 20.4. The van der Waals surface area contributed by atoms with Gasteiger partial charge in [0.15, 0.2) is 0 Å². The zero-order chi connectivity index (χ0) is 31.2. The first-order valence-electron chi connectivity index (χ1n) is 18.7. The van der Waals surface area contributed by atoms with E-state index in [2.05, 4.69) is 13.8 Å². The minimum absolute atomic E-state index is 0. The Morgan fingerprint density at radius 3 is 0.674 bits per heavy atom. The van der Waals surface area contributed by atoms with E-state index in [1.165, 1.54) is 205 Å². The van der Waals surface area contributed by atoms with E-state index in [4.69, 9.17) is 22.3 Å². The standard InChI is InChI=1S/C36H74O.Na.H2O4S.H/c1-3-5-7-9-11-13-15-17-19-21-23-25-27-29-31-33-35-37-36-34-32-30-28-26-24-22-20-18-16-14-12-10-8-6-4-2;;1-5(2,3)4;/h3-36H2,1-2H3;;(H2,1,2,3,4);/q;+1;;-1. The van der Waals surface area contributed by atoms with Crippen LogP contribution in [-0.4, -0.2) is 30.7 Å². The van der Waals surface area contributed by atoms with Gasteiger partial charge in [0.25, 0.3) is 0 Å². The van der Waals surface area contributed by atoms with E-state index >= 15 is 0 Å². The van der Waals surface area contributed by atoms with E-state index in [0.717, 1.165) is 13.2 Å². The van der Waals surface area contributed by atoms with Gasteiger partial charge in [-0.25, -0.2) is 0 Å². The summed E-state index contributed by atoms with van der Waals surface area (Å²) < 4.78 is 37.5. The number of hydrogen-bond donors (Lipinski definition) is 2. The van der Waals surface area contributed by atoms with Gasteiger partial charge in [-0.1, -0.05) is 206 Å². The molecule has 43 heavy (non-hydrogen) atoms. The fourth-order valence-electron chi connectivity index (χ4n) is 5.61. The molecular weight excluding hydrogens is 567 g/mol. The quantitative estimate of drug-likeness (QED) is 0.0414. The Morgan fingerprint density at radius 1 is 0.372 bits per heavy atom. The fraction of sp³-hybridized carbons (Fsp3) is 1.00. The van der Waals surface area contributed by atoms with Gasteiger partial charge in [-0.2, -0.15) is 8.42 Å². The molecule has 0 aliphatic heterocycles. The predicted octanol–water partition coefficient (Wildman–Crippen LogP) is 9.99. The molecule has 0 radical (unpaired) electrons. The number of hydrogen-bond acceptors (Lipinski definition) is 3. The number of rotatable bonds is 34. The molecule has 0 aliphatic rings. The summed E-state index contributed by atoms with van der Waals surface area (Å²) in [6.07, 6.45) is 46.0. The van der Waals surface area contributed by atoms with Crippen LogP contribution in [0.2, 0.25) is 0 Å². The third-order valence-corrected chi connectivity index (χ3v) is 8.28. The van der Waals surface area contributed by atoms with Crippen molar-refractivity contribution in [3.63, 3.8) is 0 Å². The van der Waals surface area contributed by atoms with Crippen LogP contribution in [0.5, 0.6) is 0 Å². The Balaban J connectivity index is -0.00000105. The van der Waals surface area contributed by atoms with Crippen LogP contribution in [-0.2, 0) is 15.1 Å². The molecule has 0 saturated heterocycles. The maximum absolute atomic E-state index is 8.74. The molecule has 7 heteroatoms. The van der Waals surface area contributed by atoms with E-state index in [0.29, 0.717) is 0 Å². The van der Waals surface area contributed by atoms with E-state index in [9.17, 15) is 0 Å². The largest absolute Gasteiger partial charge is 1.00 e. The summed E-state index contributed by atoms with van der Waals surface area (Å²) >= 11 is 0. The Morgan fingerprint density at radius 2 is 0.512 bits per heavy atom. The van der Waals surface area contributed by atoms with Crippen molar-refractivity contribution >= 4 is 10.4 Å². The summed E-state index contributed by atoms with van der Waals surface area (Å²) in [5, 5.41) is 0. The Labute approximate surface area is 294 Å². The van der Waals surface area contributed by atoms with Crippen LogP contribution in [0.25, 0.3) is 0 Å². The van der Waals surface area contributed by atoms with E-state index in [-0.39, 0.29) is 31.0 Å². The third-order valence-electron chi connectivity index (χ3n) is 8.28. The van der Waals surface area contributed by atoms with Crippen molar-refractivity contribution in [1.82, 2.24) is 0 Å². The van der Waals surface area contributed by atoms with Crippen LogP contribution < -0.4 is 29.6 Å². The smallest absolute Gasteiger partial charge is 1.00 e. The molecule has 0 rings (SSSR count). The van der Waals surface area contributed by atoms with Gasteiger partial charge in [-0.15, -0.1) is 0 Å². The molecule has 0 bridgehead atoms. The average Bonchev–Trinajstić information content (AvgIpc) is 2.94. The summed E-state index contributed by atoms with van der Waals surface area (Å²) in [7, 11) is -4.67. The summed E-state index contributed by atoms with van der Waals surface area (Å²) in [5.74, 6) is 0. The van der Waals surface area contributed by atoms with Crippen LogP contribution in [0.15, 0.2) is 0 Å². The summed E-state index contributed by atoms with van der Waals surface area (Å²) in [6.45, 7) is 6.60. The number of unbranched alkanes of at least 4 members (excludes halogenated alkanes) is 30. The minimum atomic E-state index is -4.67. The van der Waals surface area contributed by atoms with Crippen molar-refractivity contribution < 1.29 is 53.2 Å². The van der Waals surface area contributed by atoms with Gasteiger partial charge in [0.2, 0.25) is 0 Å². The van der Waals surface area contributed by atoms with Crippen molar-refractivity contribution in [2.75, 3.05) is 13.2 Å². The molecule has 0 heterocycles. The first-order valence-corrected chi connectivity index (χ1v) is 20.1. The van der Waals surface area contributed by atoms with Gasteiger partial charge in [0.05, 0.1) is 0 Å². The molecule has 0 aromatic heterocycles. The zero-order valence-corrected chi connectivity index (χ0v) is 32.4. The van der Waals surface area contributed by atoms with Gasteiger partial charge in [-0.3, -0.25) is 9.11 Å². The Bertz CT molecular complexity index is 539. The molecule has 0 amide bonds. The van der Waals surface area contributed by atoms with Gasteiger partial charge in [0, 0.05) is 13.2 Å². The monoisotopic (exact) mass is 645 g/mol. The van der Waals surface area contributed by atoms with Crippen molar-refractivity contribution in [3.05, 3.63) is 0 Å². The topological polar surface area (TPSA) is 83.8 Å². The van der Waals surface area contributed by atoms with Crippen LogP contribution in [0.4, 0.5) is 0 Å². The third kappa shape index (κ3) is 58.9. The van der Waals surface area contributed by atoms with Crippen molar-refractivity contribution in [2.45, 2.75) is 219 Å². The van der Waals surface area contributed by atoms with Crippen molar-refractivity contribution in [3.8, 4) is 0 Å². The normalized spacial score (nSPS) is 11.3. The predicted molar refractivity (Wildman–Crippen MR) is 185 cm³/mol. The van der Waals surface area contributed by atoms with Gasteiger partial charge >= 0.3 is 40.0 Å². The van der Waals surface area contributed by atoms with Gasteiger partial charge in [-0.05, 0) is 12.8 Å². The van der Waals surface area contributed by atoms with E-state index in [1.54, 1.807) is 0 Å². The summed E-state index contributed by atoms with van der Waals surface area (Å²) in [4.78, 5) is 0. The molecule has 0 spiro atoms. The molecule has 2 N–H and O–H groups in total. The molecule has 258 valence electrons. The molecule has 0 unspecified atom stereocenters. The molecule has 5 nitrogen and oxygen atoms in total. The molecule has 0 aromatic carbocycles. The summed E-state index contributed by atoms with van der Waals surface area (Å²) in [6, 6.07) is 0. The second-order valence-corrected chi connectivity index (χ2v) is 13.6. The second-order valence-electron chi connectivity index (χ2n) is 12.7. The van der Waals surface area contributed by atoms with Crippen molar-refractivity contribution in [1.29, 1.82) is 0 Å². The van der Waals surface area contributed by atoms with Gasteiger partial charge < -0.3 is 6.16 Å². The minimum Gasteiger partial charge on any atom is -1.00 e. The van der Waals surface area contributed by atoms with Gasteiger partial charge in [0.1, 0.15) is 0 Å². The molecule has 0 aliphatic carbocycles. The Kier molecular flexibility index (Phi) is 48.0. The fourth-order valence-corrected chi connectivity index (χ4v) is 5.61. The van der Waals surface area contributed by atoms with E-state index < -0.39 is 10.4 Å². The molecule has 0 fully saturated rings.